The molecule has 0 aromatic heterocycles. The molecule has 1 saturated heterocycles. The molecule has 214 valence electrons. The summed E-state index contributed by atoms with van der Waals surface area (Å²) in [4.78, 5) is 46.4. The van der Waals surface area contributed by atoms with Crippen molar-refractivity contribution < 1.29 is 19.1 Å². The molecule has 1 spiro atoms. The molecule has 0 bridgehead atoms. The van der Waals surface area contributed by atoms with Gasteiger partial charge in [-0.25, -0.2) is 0 Å². The van der Waals surface area contributed by atoms with Gasteiger partial charge in [0.05, 0.1) is 24.1 Å². The van der Waals surface area contributed by atoms with Crippen LogP contribution in [0.25, 0.3) is 6.08 Å². The van der Waals surface area contributed by atoms with E-state index in [2.05, 4.69) is 5.32 Å². The number of Topliss-reactive ketones (excluding diaryl/α,β-unsaturated/α-hetero) is 2. The largest absolute Gasteiger partial charge is 0.493 e. The normalized spacial score (nSPS) is 23.0. The summed E-state index contributed by atoms with van der Waals surface area (Å²) in [6, 6.07) is 28.5. The van der Waals surface area contributed by atoms with E-state index in [9.17, 15) is 14.4 Å². The van der Waals surface area contributed by atoms with E-state index in [1.165, 1.54) is 0 Å². The van der Waals surface area contributed by atoms with Gasteiger partial charge in [-0.1, -0.05) is 91.3 Å². The summed E-state index contributed by atoms with van der Waals surface area (Å²) in [5, 5.41) is 3.10. The maximum absolute atomic E-state index is 14.9. The number of fused-ring (bicyclic) bond motifs is 6. The van der Waals surface area contributed by atoms with Crippen LogP contribution in [-0.4, -0.2) is 35.0 Å². The van der Waals surface area contributed by atoms with Crippen LogP contribution in [0, 0.1) is 12.8 Å². The van der Waals surface area contributed by atoms with Gasteiger partial charge >= 0.3 is 0 Å². The first kappa shape index (κ1) is 26.9. The monoisotopic (exact) mass is 568 g/mol. The minimum Gasteiger partial charge on any atom is -0.493 e. The first-order valence-corrected chi connectivity index (χ1v) is 14.8. The van der Waals surface area contributed by atoms with Crippen molar-refractivity contribution in [3.8, 4) is 5.75 Å². The summed E-state index contributed by atoms with van der Waals surface area (Å²) in [7, 11) is 0. The van der Waals surface area contributed by atoms with Gasteiger partial charge in [-0.3, -0.25) is 14.4 Å². The number of benzene rings is 4. The van der Waals surface area contributed by atoms with Crippen molar-refractivity contribution in [2.45, 2.75) is 37.8 Å². The Hall–Kier alpha value is -4.97. The highest BCUT2D eigenvalue weighted by atomic mass is 16.5. The Morgan fingerprint density at radius 1 is 0.884 bits per heavy atom. The van der Waals surface area contributed by atoms with E-state index in [0.29, 0.717) is 29.2 Å². The van der Waals surface area contributed by atoms with E-state index in [1.54, 1.807) is 24.3 Å². The molecule has 4 aromatic rings. The Morgan fingerprint density at radius 3 is 2.42 bits per heavy atom. The maximum atomic E-state index is 14.9. The van der Waals surface area contributed by atoms with Crippen LogP contribution in [0.15, 0.2) is 103 Å². The van der Waals surface area contributed by atoms with Gasteiger partial charge in [0.25, 0.3) is 0 Å². The topological polar surface area (TPSA) is 75.7 Å². The first-order chi connectivity index (χ1) is 21.0. The molecule has 4 aromatic carbocycles. The minimum absolute atomic E-state index is 0.238. The third-order valence-electron chi connectivity index (χ3n) is 9.07. The molecule has 3 aliphatic rings. The minimum atomic E-state index is -1.36. The lowest BCUT2D eigenvalue weighted by atomic mass is 9.62. The van der Waals surface area contributed by atoms with Gasteiger partial charge in [-0.15, -0.1) is 0 Å². The standard InChI is InChI=1S/C37H32N2O4/c1-3-22-43-30-15-9-6-12-27(30)34(41)32-31(33(40)25-18-16-23(2)17-19-25)37(28-13-7-8-14-29(28)38-36(37)42)35-26-11-5-4-10-24(26)20-21-39(32)35/h4-21,31-32,35H,3,22H2,1-2H3,(H,38,42)/t31-,32+,35+,37+/m1/s1. The van der Waals surface area contributed by atoms with Crippen LogP contribution >= 0.6 is 0 Å². The molecule has 0 radical (unpaired) electrons. The molecule has 7 rings (SSSR count). The zero-order valence-electron chi connectivity index (χ0n) is 24.1. The molecule has 3 heterocycles. The van der Waals surface area contributed by atoms with E-state index < -0.39 is 23.4 Å². The lowest BCUT2D eigenvalue weighted by Crippen LogP contribution is -2.49. The molecule has 1 amide bonds. The van der Waals surface area contributed by atoms with Crippen LogP contribution in [0.3, 0.4) is 0 Å². The smallest absolute Gasteiger partial charge is 0.238 e. The highest BCUT2D eigenvalue weighted by Gasteiger charge is 2.70. The van der Waals surface area contributed by atoms with Gasteiger partial charge in [-0.2, -0.15) is 0 Å². The van der Waals surface area contributed by atoms with Crippen LogP contribution < -0.4 is 10.1 Å². The molecule has 0 aliphatic carbocycles. The molecular formula is C37H32N2O4. The Morgan fingerprint density at radius 2 is 1.60 bits per heavy atom. The Labute approximate surface area is 251 Å². The fourth-order valence-electron chi connectivity index (χ4n) is 7.23. The fourth-order valence-corrected chi connectivity index (χ4v) is 7.23. The second kappa shape index (κ2) is 10.4. The van der Waals surface area contributed by atoms with Crippen LogP contribution in [0.5, 0.6) is 5.75 Å². The van der Waals surface area contributed by atoms with Crippen molar-refractivity contribution in [1.82, 2.24) is 4.90 Å². The third kappa shape index (κ3) is 3.97. The molecule has 0 saturated carbocycles. The number of hydrogen-bond acceptors (Lipinski definition) is 5. The SMILES string of the molecule is CCCOc1ccccc1C(=O)[C@@H]1[C@H](C(=O)c2ccc(C)cc2)[C@]2(C(=O)Nc3ccccc32)[C@@H]2c3ccccc3C=CN12. The highest BCUT2D eigenvalue weighted by Crippen LogP contribution is 2.62. The molecule has 6 nitrogen and oxygen atoms in total. The van der Waals surface area contributed by atoms with Gasteiger partial charge in [0.2, 0.25) is 5.91 Å². The van der Waals surface area contributed by atoms with Crippen molar-refractivity contribution in [3.63, 3.8) is 0 Å². The lowest BCUT2D eigenvalue weighted by Gasteiger charge is -2.38. The number of anilines is 1. The number of hydrogen-bond donors (Lipinski definition) is 1. The molecule has 1 N–H and O–H groups in total. The molecule has 0 unspecified atom stereocenters. The van der Waals surface area contributed by atoms with E-state index >= 15 is 0 Å². The average Bonchev–Trinajstić information content (AvgIpc) is 3.52. The number of ether oxygens (including phenoxy) is 1. The molecular weight excluding hydrogens is 536 g/mol. The van der Waals surface area contributed by atoms with Crippen molar-refractivity contribution in [3.05, 3.63) is 137 Å². The van der Waals surface area contributed by atoms with E-state index in [-0.39, 0.29) is 17.5 Å². The summed E-state index contributed by atoms with van der Waals surface area (Å²) in [6.07, 6.45) is 4.65. The summed E-state index contributed by atoms with van der Waals surface area (Å²) in [5.74, 6) is -1.31. The van der Waals surface area contributed by atoms with Crippen LogP contribution in [-0.2, 0) is 10.2 Å². The zero-order valence-corrected chi connectivity index (χ0v) is 24.1. The Balaban J connectivity index is 1.51. The van der Waals surface area contributed by atoms with Crippen LogP contribution in [0.2, 0.25) is 0 Å². The number of nitrogens with one attached hydrogen (secondary N) is 1. The van der Waals surface area contributed by atoms with Crippen molar-refractivity contribution in [1.29, 1.82) is 0 Å². The van der Waals surface area contributed by atoms with Gasteiger partial charge in [0.15, 0.2) is 11.6 Å². The number of nitrogens with zero attached hydrogens (tertiary/aromatic N) is 1. The number of carbonyl (C=O) groups excluding carboxylic acids is 3. The fraction of sp³-hybridized carbons (Fsp3) is 0.216. The van der Waals surface area contributed by atoms with Crippen LogP contribution in [0.1, 0.15) is 62.4 Å². The molecule has 43 heavy (non-hydrogen) atoms. The van der Waals surface area contributed by atoms with Crippen LogP contribution in [0.4, 0.5) is 5.69 Å². The number of aryl methyl sites for hydroxylation is 1. The van der Waals surface area contributed by atoms with Gasteiger partial charge in [0, 0.05) is 17.5 Å². The first-order valence-electron chi connectivity index (χ1n) is 14.8. The maximum Gasteiger partial charge on any atom is 0.238 e. The number of para-hydroxylation sites is 2. The predicted octanol–water partition coefficient (Wildman–Crippen LogP) is 6.77. The molecule has 4 atom stereocenters. The van der Waals surface area contributed by atoms with Crippen molar-refractivity contribution in [2.24, 2.45) is 5.92 Å². The highest BCUT2D eigenvalue weighted by molar-refractivity contribution is 6.17. The molecule has 3 aliphatic heterocycles. The molecule has 1 fully saturated rings. The average molecular weight is 569 g/mol. The van der Waals surface area contributed by atoms with Crippen molar-refractivity contribution in [2.75, 3.05) is 11.9 Å². The second-order valence-electron chi connectivity index (χ2n) is 11.5. The quantitative estimate of drug-likeness (QED) is 0.249. The summed E-state index contributed by atoms with van der Waals surface area (Å²) in [5.41, 5.74) is 3.79. The van der Waals surface area contributed by atoms with Crippen molar-refractivity contribution >= 4 is 29.2 Å². The van der Waals surface area contributed by atoms with Gasteiger partial charge < -0.3 is 15.0 Å². The van der Waals surface area contributed by atoms with E-state index in [1.807, 2.05) is 104 Å². The Bertz CT molecular complexity index is 1790. The summed E-state index contributed by atoms with van der Waals surface area (Å²) >= 11 is 0. The van der Waals surface area contributed by atoms with E-state index in [4.69, 9.17) is 4.74 Å². The van der Waals surface area contributed by atoms with E-state index in [0.717, 1.165) is 28.7 Å². The lowest BCUT2D eigenvalue weighted by molar-refractivity contribution is -0.122. The third-order valence-corrected chi connectivity index (χ3v) is 9.07. The molecule has 6 heteroatoms. The zero-order chi connectivity index (χ0) is 29.7. The number of ketones is 2. The Kier molecular flexibility index (Phi) is 6.50. The number of rotatable bonds is 7. The second-order valence-corrected chi connectivity index (χ2v) is 11.5. The number of amides is 1. The number of carbonyl (C=O) groups is 3. The summed E-state index contributed by atoms with van der Waals surface area (Å²) < 4.78 is 6.03. The van der Waals surface area contributed by atoms with Gasteiger partial charge in [0.1, 0.15) is 17.2 Å². The summed E-state index contributed by atoms with van der Waals surface area (Å²) in [6.45, 7) is 4.44. The van der Waals surface area contributed by atoms with Gasteiger partial charge in [-0.05, 0) is 54.3 Å². The predicted molar refractivity (Wildman–Crippen MR) is 166 cm³/mol.